The molecule has 0 aromatic heterocycles. The van der Waals surface area contributed by atoms with Gasteiger partial charge >= 0.3 is 12.0 Å². The molecule has 0 saturated heterocycles. The minimum Gasteiger partial charge on any atom is -0.331 e. The molecule has 0 bridgehead atoms. The molecular weight excluding hydrogens is 414 g/mol. The maximum Gasteiger partial charge on any atom is 0.419 e. The second-order valence-electron chi connectivity index (χ2n) is 1.38. The molecule has 0 aliphatic heterocycles. The van der Waals surface area contributed by atoms with Gasteiger partial charge in [0.05, 0.1) is 0 Å². The third-order valence-electron chi connectivity index (χ3n) is 0.608. The first-order chi connectivity index (χ1) is 3.81. The number of halogens is 5. The minimum atomic E-state index is -5.26. The Morgan fingerprint density at radius 2 is 1.40 bits per heavy atom. The summed E-state index contributed by atoms with van der Waals surface area (Å²) in [6.45, 7) is -2.57. The van der Waals surface area contributed by atoms with E-state index in [9.17, 15) is 22.0 Å². The molecule has 58 valence electrons. The summed E-state index contributed by atoms with van der Waals surface area (Å²) in [7, 11) is 0. The molecule has 0 unspecified atom stereocenters. The van der Waals surface area contributed by atoms with Crippen LogP contribution in [-0.2, 0) is 0 Å². The van der Waals surface area contributed by atoms with Gasteiger partial charge in [0.1, 0.15) is 0 Å². The van der Waals surface area contributed by atoms with E-state index in [1.165, 1.54) is 0 Å². The fourth-order valence-electron chi connectivity index (χ4n) is 0.0804. The van der Waals surface area contributed by atoms with Gasteiger partial charge in [-0.15, -0.1) is 0 Å². The first-order valence-corrected chi connectivity index (χ1v) is 1.85. The summed E-state index contributed by atoms with van der Waals surface area (Å²) in [5, 5.41) is 7.22. The van der Waals surface area contributed by atoms with Crippen LogP contribution >= 0.6 is 0 Å². The van der Waals surface area contributed by atoms with Crippen molar-refractivity contribution in [2.75, 3.05) is 6.67 Å². The molecule has 0 aliphatic rings. The van der Waals surface area contributed by atoms with Gasteiger partial charge in [0, 0.05) is 0 Å². The van der Waals surface area contributed by atoms with Crippen molar-refractivity contribution < 1.29 is 27.1 Å². The van der Waals surface area contributed by atoms with Gasteiger partial charge < -0.3 is 5.11 Å². The van der Waals surface area contributed by atoms with Crippen LogP contribution in [0, 0.1) is 0 Å². The molecule has 10 heavy (non-hydrogen) atoms. The molecule has 0 aromatic carbocycles. The van der Waals surface area contributed by atoms with Gasteiger partial charge in [-0.05, 0) is 0 Å². The Bertz CT molecular complexity index is 99.6. The Morgan fingerprint density at radius 3 is 1.40 bits per heavy atom. The zero-order valence-corrected chi connectivity index (χ0v) is 11.2. The Hall–Kier alpha value is -1.39. The molecule has 0 radical (unpaired) electrons. The molecular formula is C3H3F5ORf. The normalized spacial score (nSPS) is 12.6. The van der Waals surface area contributed by atoms with Crippen LogP contribution < -0.4 is 0 Å². The summed E-state index contributed by atoms with van der Waals surface area (Å²) < 4.78 is 55.6. The Kier molecular flexibility index (Phi) is 2.82. The monoisotopic (exact) mass is 417 g/mol. The second kappa shape index (κ2) is 2.47. The molecule has 1 N–H and O–H groups in total. The van der Waals surface area contributed by atoms with Gasteiger partial charge in [0.25, 0.3) is 0 Å². The van der Waals surface area contributed by atoms with E-state index >= 15 is 0 Å². The van der Waals surface area contributed by atoms with E-state index in [-0.39, 0.29) is 0 Å². The maximum atomic E-state index is 11.3. The van der Waals surface area contributed by atoms with Crippen molar-refractivity contribution in [1.29, 1.82) is 0 Å². The van der Waals surface area contributed by atoms with Gasteiger partial charge in [-0.1, -0.05) is 0 Å². The van der Waals surface area contributed by atoms with Crippen molar-refractivity contribution in [2.45, 2.75) is 12.0 Å². The molecule has 0 fully saturated rings. The predicted octanol–water partition coefficient (Wildman–Crippen LogP) is 1.18. The molecule has 0 saturated carbocycles. The molecule has 7 heteroatoms. The SMILES string of the molecule is OC(F)(F)C(F)(F)CF.[Rf]. The van der Waals surface area contributed by atoms with Crippen LogP contribution in [0.15, 0.2) is 0 Å². The van der Waals surface area contributed by atoms with Crippen molar-refractivity contribution in [3.05, 3.63) is 0 Å². The van der Waals surface area contributed by atoms with Crippen molar-refractivity contribution in [1.82, 2.24) is 0 Å². The Labute approximate surface area is 47.1 Å². The van der Waals surface area contributed by atoms with E-state index in [1.54, 1.807) is 0 Å². The van der Waals surface area contributed by atoms with Gasteiger partial charge in [0.2, 0.25) is 0 Å². The van der Waals surface area contributed by atoms with E-state index in [0.717, 1.165) is 0 Å². The maximum absolute atomic E-state index is 11.3. The standard InChI is InChI=1S/C3H3F5O.Rf/c4-1-2(5,6)3(7,8)9;/h9H,1H2;. The summed E-state index contributed by atoms with van der Waals surface area (Å²) >= 11 is 0. The molecule has 0 heterocycles. The van der Waals surface area contributed by atoms with Crippen molar-refractivity contribution >= 4 is 0 Å². The predicted molar refractivity (Wildman–Crippen MR) is 18.1 cm³/mol. The van der Waals surface area contributed by atoms with E-state index in [2.05, 4.69) is 0 Å². The number of aliphatic hydroxyl groups is 1. The topological polar surface area (TPSA) is 20.2 Å². The quantitative estimate of drug-likeness (QED) is 0.670. The fraction of sp³-hybridized carbons (Fsp3) is 1.00. The van der Waals surface area contributed by atoms with Crippen LogP contribution in [0.3, 0.4) is 0 Å². The molecule has 0 amide bonds. The van der Waals surface area contributed by atoms with Crippen molar-refractivity contribution in [3.63, 3.8) is 0 Å². The first-order valence-electron chi connectivity index (χ1n) is 1.85. The van der Waals surface area contributed by atoms with E-state index in [4.69, 9.17) is 5.11 Å². The molecule has 0 spiro atoms. The average Bonchev–Trinajstić information content (AvgIpc) is 1.64. The average molecular weight is 417 g/mol. The van der Waals surface area contributed by atoms with Crippen LogP contribution in [0.4, 0.5) is 22.0 Å². The van der Waals surface area contributed by atoms with Gasteiger partial charge in [0.15, 0.2) is 6.67 Å². The fourth-order valence-corrected chi connectivity index (χ4v) is 0.0804. The second-order valence-corrected chi connectivity index (χ2v) is 1.38. The number of alkyl halides is 5. The molecule has 0 rings (SSSR count). The van der Waals surface area contributed by atoms with E-state index in [1.807, 2.05) is 0 Å². The third-order valence-corrected chi connectivity index (χ3v) is 0.608. The van der Waals surface area contributed by atoms with Crippen LogP contribution in [0.25, 0.3) is 0 Å². The summed E-state index contributed by atoms with van der Waals surface area (Å²) in [4.78, 5) is 0. The van der Waals surface area contributed by atoms with Crippen LogP contribution in [0.5, 0.6) is 0 Å². The molecule has 0 aromatic rings. The van der Waals surface area contributed by atoms with Crippen molar-refractivity contribution in [3.8, 4) is 0 Å². The zero-order chi connectivity index (χ0) is 7.71. The number of rotatable bonds is 2. The van der Waals surface area contributed by atoms with Gasteiger partial charge in [-0.2, -0.15) is 17.6 Å². The molecule has 0 aliphatic carbocycles. The summed E-state index contributed by atoms with van der Waals surface area (Å²) in [6.07, 6.45) is -5.26. The van der Waals surface area contributed by atoms with Crippen LogP contribution in [-0.4, -0.2) is 23.8 Å². The summed E-state index contributed by atoms with van der Waals surface area (Å²) in [6, 6.07) is 0. The molecule has 1 nitrogen and oxygen atoms in total. The molecule has 0 atom stereocenters. The number of hydrogen-bond donors (Lipinski definition) is 1. The largest absolute Gasteiger partial charge is 0.419 e. The Morgan fingerprint density at radius 1 is 1.10 bits per heavy atom. The Balaban J connectivity index is 0. The van der Waals surface area contributed by atoms with E-state index < -0.39 is 18.7 Å². The first kappa shape index (κ1) is 11.4. The minimum absolute atomic E-state index is 0. The summed E-state index contributed by atoms with van der Waals surface area (Å²) in [5.74, 6) is -4.97. The van der Waals surface area contributed by atoms with Crippen LogP contribution in [0.1, 0.15) is 0 Å². The van der Waals surface area contributed by atoms with E-state index in [0.29, 0.717) is 0 Å². The smallest absolute Gasteiger partial charge is 0.331 e. The van der Waals surface area contributed by atoms with Gasteiger partial charge in [-0.25, -0.2) is 4.39 Å². The zero-order valence-electron chi connectivity index (χ0n) is 4.75. The van der Waals surface area contributed by atoms with Gasteiger partial charge in [-0.3, -0.25) is 0 Å². The van der Waals surface area contributed by atoms with Crippen molar-refractivity contribution in [2.24, 2.45) is 0 Å². The summed E-state index contributed by atoms with van der Waals surface area (Å²) in [5.41, 5.74) is 0. The number of hydrogen-bond acceptors (Lipinski definition) is 1. The third kappa shape index (κ3) is 1.85. The van der Waals surface area contributed by atoms with Crippen LogP contribution in [0.2, 0.25) is 0 Å².